The Morgan fingerprint density at radius 2 is 2.31 bits per heavy atom. The van der Waals surface area contributed by atoms with Crippen LogP contribution in [0.2, 0.25) is 0 Å². The Morgan fingerprint density at radius 1 is 1.62 bits per heavy atom. The van der Waals surface area contributed by atoms with Crippen molar-refractivity contribution in [2.24, 2.45) is 5.73 Å². The van der Waals surface area contributed by atoms with E-state index in [-0.39, 0.29) is 30.5 Å². The van der Waals surface area contributed by atoms with Crippen LogP contribution in [-0.4, -0.2) is 31.3 Å². The van der Waals surface area contributed by atoms with E-state index in [4.69, 9.17) is 15.2 Å². The maximum Gasteiger partial charge on any atom is 0.335 e. The standard InChI is InChI=1S/C8H15NO3.ClH/c1-2-11-8(10)7-4-3-6(9)5-12-7;/h6-7H,2-5,9H2,1H3;1H. The first kappa shape index (κ1) is 12.7. The molecule has 5 heteroatoms. The summed E-state index contributed by atoms with van der Waals surface area (Å²) in [7, 11) is 0. The van der Waals surface area contributed by atoms with Crippen LogP contribution in [0.25, 0.3) is 0 Å². The second-order valence-electron chi connectivity index (χ2n) is 2.91. The van der Waals surface area contributed by atoms with E-state index in [0.717, 1.165) is 6.42 Å². The minimum Gasteiger partial charge on any atom is -0.464 e. The van der Waals surface area contributed by atoms with E-state index < -0.39 is 0 Å². The molecule has 0 radical (unpaired) electrons. The molecule has 4 nitrogen and oxygen atoms in total. The van der Waals surface area contributed by atoms with Crippen LogP contribution in [0.1, 0.15) is 19.8 Å². The Balaban J connectivity index is 0.00000144. The smallest absolute Gasteiger partial charge is 0.335 e. The predicted octanol–water partition coefficient (Wildman–Crippen LogP) is 0.478. The van der Waals surface area contributed by atoms with E-state index in [2.05, 4.69) is 0 Å². The number of carbonyl (C=O) groups is 1. The van der Waals surface area contributed by atoms with Gasteiger partial charge in [0.25, 0.3) is 0 Å². The van der Waals surface area contributed by atoms with Crippen molar-refractivity contribution in [2.75, 3.05) is 13.2 Å². The van der Waals surface area contributed by atoms with E-state index in [0.29, 0.717) is 19.6 Å². The Morgan fingerprint density at radius 3 is 2.77 bits per heavy atom. The maximum absolute atomic E-state index is 11.1. The van der Waals surface area contributed by atoms with Gasteiger partial charge in [0.1, 0.15) is 0 Å². The van der Waals surface area contributed by atoms with Gasteiger partial charge in [0.05, 0.1) is 13.2 Å². The average molecular weight is 210 g/mol. The van der Waals surface area contributed by atoms with Crippen LogP contribution in [-0.2, 0) is 14.3 Å². The van der Waals surface area contributed by atoms with Crippen molar-refractivity contribution in [3.8, 4) is 0 Å². The molecule has 0 aliphatic carbocycles. The topological polar surface area (TPSA) is 61.5 Å². The molecule has 1 aliphatic rings. The van der Waals surface area contributed by atoms with Gasteiger partial charge in [0, 0.05) is 6.04 Å². The zero-order valence-electron chi connectivity index (χ0n) is 7.69. The highest BCUT2D eigenvalue weighted by Gasteiger charge is 2.25. The van der Waals surface area contributed by atoms with Crippen LogP contribution in [0.3, 0.4) is 0 Å². The predicted molar refractivity (Wildman–Crippen MR) is 50.8 cm³/mol. The number of halogens is 1. The zero-order chi connectivity index (χ0) is 8.97. The van der Waals surface area contributed by atoms with Gasteiger partial charge in [-0.2, -0.15) is 0 Å². The first-order chi connectivity index (χ1) is 5.74. The average Bonchev–Trinajstić information content (AvgIpc) is 2.06. The van der Waals surface area contributed by atoms with E-state index in [1.54, 1.807) is 6.92 Å². The lowest BCUT2D eigenvalue weighted by atomic mass is 10.1. The van der Waals surface area contributed by atoms with Gasteiger partial charge in [0.2, 0.25) is 0 Å². The molecule has 0 aromatic carbocycles. The highest BCUT2D eigenvalue weighted by molar-refractivity contribution is 5.85. The number of rotatable bonds is 2. The molecule has 1 aliphatic heterocycles. The fraction of sp³-hybridized carbons (Fsp3) is 0.875. The van der Waals surface area contributed by atoms with Crippen molar-refractivity contribution < 1.29 is 14.3 Å². The quantitative estimate of drug-likeness (QED) is 0.672. The third kappa shape index (κ3) is 3.93. The Hall–Kier alpha value is -0.320. The molecule has 2 atom stereocenters. The molecule has 0 aromatic heterocycles. The van der Waals surface area contributed by atoms with Crippen LogP contribution < -0.4 is 5.73 Å². The first-order valence-electron chi connectivity index (χ1n) is 4.28. The van der Waals surface area contributed by atoms with Gasteiger partial charge in [-0.05, 0) is 19.8 Å². The highest BCUT2D eigenvalue weighted by atomic mass is 35.5. The Bertz CT molecular complexity index is 157. The molecule has 0 amide bonds. The number of nitrogens with two attached hydrogens (primary N) is 1. The lowest BCUT2D eigenvalue weighted by molar-refractivity contribution is -0.159. The molecule has 0 saturated carbocycles. The molecule has 1 rings (SSSR count). The summed E-state index contributed by atoms with van der Waals surface area (Å²) in [4.78, 5) is 11.1. The van der Waals surface area contributed by atoms with Gasteiger partial charge in [-0.1, -0.05) is 0 Å². The molecule has 1 fully saturated rings. The first-order valence-corrected chi connectivity index (χ1v) is 4.28. The van der Waals surface area contributed by atoms with E-state index >= 15 is 0 Å². The van der Waals surface area contributed by atoms with E-state index in [9.17, 15) is 4.79 Å². The van der Waals surface area contributed by atoms with Crippen LogP contribution in [0.5, 0.6) is 0 Å². The monoisotopic (exact) mass is 209 g/mol. The SMILES string of the molecule is CCOC(=O)C1CCC(N)CO1.Cl. The molecule has 1 heterocycles. The van der Waals surface area contributed by atoms with Crippen molar-refractivity contribution in [1.29, 1.82) is 0 Å². The summed E-state index contributed by atoms with van der Waals surface area (Å²) < 4.78 is 10.0. The fourth-order valence-electron chi connectivity index (χ4n) is 1.19. The molecule has 2 N–H and O–H groups in total. The van der Waals surface area contributed by atoms with Gasteiger partial charge < -0.3 is 15.2 Å². The van der Waals surface area contributed by atoms with Crippen LogP contribution >= 0.6 is 12.4 Å². The molecule has 1 saturated heterocycles. The van der Waals surface area contributed by atoms with E-state index in [1.165, 1.54) is 0 Å². The number of hydrogen-bond donors (Lipinski definition) is 1. The minimum absolute atomic E-state index is 0. The summed E-state index contributed by atoms with van der Waals surface area (Å²) in [5, 5.41) is 0. The molecule has 78 valence electrons. The number of esters is 1. The number of hydrogen-bond acceptors (Lipinski definition) is 4. The van der Waals surface area contributed by atoms with Crippen molar-refractivity contribution in [2.45, 2.75) is 31.9 Å². The summed E-state index contributed by atoms with van der Waals surface area (Å²) in [6, 6.07) is 0.0793. The molecular weight excluding hydrogens is 194 g/mol. The van der Waals surface area contributed by atoms with Gasteiger partial charge >= 0.3 is 5.97 Å². The third-order valence-corrected chi connectivity index (χ3v) is 1.86. The third-order valence-electron chi connectivity index (χ3n) is 1.86. The summed E-state index contributed by atoms with van der Waals surface area (Å²) in [5.41, 5.74) is 5.59. The van der Waals surface area contributed by atoms with Crippen LogP contribution in [0.15, 0.2) is 0 Å². The second-order valence-corrected chi connectivity index (χ2v) is 2.91. The Kier molecular flexibility index (Phi) is 6.03. The lowest BCUT2D eigenvalue weighted by Gasteiger charge is -2.24. The van der Waals surface area contributed by atoms with Crippen LogP contribution in [0, 0.1) is 0 Å². The van der Waals surface area contributed by atoms with Gasteiger partial charge in [-0.3, -0.25) is 0 Å². The largest absolute Gasteiger partial charge is 0.464 e. The maximum atomic E-state index is 11.1. The summed E-state index contributed by atoms with van der Waals surface area (Å²) >= 11 is 0. The summed E-state index contributed by atoms with van der Waals surface area (Å²) in [6.45, 7) is 2.65. The number of carbonyl (C=O) groups excluding carboxylic acids is 1. The zero-order valence-corrected chi connectivity index (χ0v) is 8.51. The lowest BCUT2D eigenvalue weighted by Crippen LogP contribution is -2.39. The highest BCUT2D eigenvalue weighted by Crippen LogP contribution is 2.13. The van der Waals surface area contributed by atoms with Gasteiger partial charge in [-0.25, -0.2) is 4.79 Å². The molecular formula is C8H16ClNO3. The van der Waals surface area contributed by atoms with Crippen molar-refractivity contribution in [1.82, 2.24) is 0 Å². The van der Waals surface area contributed by atoms with E-state index in [1.807, 2.05) is 0 Å². The Labute approximate surface area is 84.2 Å². The molecule has 2 unspecified atom stereocenters. The van der Waals surface area contributed by atoms with Crippen molar-refractivity contribution in [3.63, 3.8) is 0 Å². The fourth-order valence-corrected chi connectivity index (χ4v) is 1.19. The molecule has 0 aromatic rings. The van der Waals surface area contributed by atoms with Crippen molar-refractivity contribution >= 4 is 18.4 Å². The van der Waals surface area contributed by atoms with Crippen LogP contribution in [0.4, 0.5) is 0 Å². The summed E-state index contributed by atoms with van der Waals surface area (Å²) in [6.07, 6.45) is 1.13. The summed E-state index contributed by atoms with van der Waals surface area (Å²) in [5.74, 6) is -0.260. The normalized spacial score (nSPS) is 27.5. The minimum atomic E-state index is -0.384. The van der Waals surface area contributed by atoms with Gasteiger partial charge in [0.15, 0.2) is 6.10 Å². The molecule has 0 bridgehead atoms. The molecule has 0 spiro atoms. The van der Waals surface area contributed by atoms with Crippen molar-refractivity contribution in [3.05, 3.63) is 0 Å². The second kappa shape index (κ2) is 6.18. The number of ether oxygens (including phenoxy) is 2. The van der Waals surface area contributed by atoms with Gasteiger partial charge in [-0.15, -0.1) is 12.4 Å². The molecule has 13 heavy (non-hydrogen) atoms.